The fraction of sp³-hybridized carbons (Fsp3) is 0.194. The van der Waals surface area contributed by atoms with Crippen LogP contribution in [-0.4, -0.2) is 4.98 Å². The van der Waals surface area contributed by atoms with E-state index in [-0.39, 0.29) is 12.2 Å². The Hall–Kier alpha value is -4.89. The number of benzene rings is 2. The SMILES string of the molecule is C#C.C=C/C(=C\C(=C/C)c1ccc(N)c(CC(=C)Nc2nccc(-c3ccc(F)cc3)c2C)c1F)NC(=C)CCCC. The minimum Gasteiger partial charge on any atom is -0.398 e. The van der Waals surface area contributed by atoms with Gasteiger partial charge in [-0.1, -0.05) is 51.3 Å². The van der Waals surface area contributed by atoms with Gasteiger partial charge >= 0.3 is 0 Å². The zero-order valence-corrected chi connectivity index (χ0v) is 24.7. The predicted molar refractivity (Wildman–Crippen MR) is 175 cm³/mol. The van der Waals surface area contributed by atoms with Gasteiger partial charge < -0.3 is 16.4 Å². The van der Waals surface area contributed by atoms with Gasteiger partial charge in [0.25, 0.3) is 0 Å². The minimum atomic E-state index is -0.412. The molecule has 4 N–H and O–H groups in total. The van der Waals surface area contributed by atoms with E-state index in [4.69, 9.17) is 5.73 Å². The van der Waals surface area contributed by atoms with Crippen LogP contribution in [0.5, 0.6) is 0 Å². The molecule has 0 aliphatic heterocycles. The van der Waals surface area contributed by atoms with Crippen molar-refractivity contribution in [2.24, 2.45) is 0 Å². The van der Waals surface area contributed by atoms with Crippen molar-refractivity contribution in [2.75, 3.05) is 11.1 Å². The zero-order chi connectivity index (χ0) is 31.2. The average Bonchev–Trinajstić information content (AvgIpc) is 2.99. The molecule has 0 fully saturated rings. The third-order valence-electron chi connectivity index (χ3n) is 6.63. The molecule has 0 bridgehead atoms. The summed E-state index contributed by atoms with van der Waals surface area (Å²) in [6.45, 7) is 18.0. The number of hydrogen-bond acceptors (Lipinski definition) is 4. The lowest BCUT2D eigenvalue weighted by Gasteiger charge is -2.17. The first kappa shape index (κ1) is 33.3. The van der Waals surface area contributed by atoms with Crippen LogP contribution in [0.15, 0.2) is 104 Å². The molecule has 0 radical (unpaired) electrons. The van der Waals surface area contributed by atoms with Crippen molar-refractivity contribution in [3.8, 4) is 24.0 Å². The van der Waals surface area contributed by atoms with Gasteiger partial charge in [0.1, 0.15) is 17.5 Å². The van der Waals surface area contributed by atoms with Crippen LogP contribution in [0.1, 0.15) is 49.8 Å². The molecule has 2 aromatic carbocycles. The van der Waals surface area contributed by atoms with Gasteiger partial charge in [0.2, 0.25) is 0 Å². The molecule has 0 spiro atoms. The van der Waals surface area contributed by atoms with Crippen molar-refractivity contribution in [3.63, 3.8) is 0 Å². The first-order valence-corrected chi connectivity index (χ1v) is 13.7. The number of allylic oxidation sites excluding steroid dienone is 6. The van der Waals surface area contributed by atoms with E-state index in [1.54, 1.807) is 36.5 Å². The van der Waals surface area contributed by atoms with Crippen LogP contribution in [0.3, 0.4) is 0 Å². The molecule has 218 valence electrons. The highest BCUT2D eigenvalue weighted by molar-refractivity contribution is 5.77. The number of aromatic nitrogens is 1. The van der Waals surface area contributed by atoms with E-state index in [2.05, 4.69) is 55.1 Å². The maximum atomic E-state index is 15.9. The van der Waals surface area contributed by atoms with Crippen LogP contribution in [0, 0.1) is 31.4 Å². The van der Waals surface area contributed by atoms with Gasteiger partial charge in [0.15, 0.2) is 0 Å². The summed E-state index contributed by atoms with van der Waals surface area (Å²) in [5.41, 5.74) is 12.8. The Morgan fingerprint density at radius 1 is 1.05 bits per heavy atom. The van der Waals surface area contributed by atoms with Gasteiger partial charge in [-0.2, -0.15) is 0 Å². The van der Waals surface area contributed by atoms with Crippen LogP contribution < -0.4 is 16.4 Å². The maximum absolute atomic E-state index is 15.9. The van der Waals surface area contributed by atoms with Crippen molar-refractivity contribution in [3.05, 3.63) is 132 Å². The van der Waals surface area contributed by atoms with Crippen LogP contribution >= 0.6 is 0 Å². The smallest absolute Gasteiger partial charge is 0.136 e. The highest BCUT2D eigenvalue weighted by atomic mass is 19.1. The largest absolute Gasteiger partial charge is 0.398 e. The van der Waals surface area contributed by atoms with E-state index < -0.39 is 5.82 Å². The van der Waals surface area contributed by atoms with E-state index in [0.717, 1.165) is 47.3 Å². The third kappa shape index (κ3) is 8.81. The molecular weight excluding hydrogens is 526 g/mol. The standard InChI is InChI=1S/C34H38F2N4.C2H2/c1-7-10-11-22(4)39-28(9-3)21-25(8-2)30-16-17-32(37)31(33(30)36)20-23(5)40-34-24(6)29(18-19-38-34)26-12-14-27(35)15-13-26;1-2/h8-9,12-19,21,39H,3-5,7,10-11,20,37H2,1-2,6H3,(H,38,40);1-2H/b25-8+,28-21+;. The fourth-order valence-electron chi connectivity index (χ4n) is 4.35. The Morgan fingerprint density at radius 2 is 1.74 bits per heavy atom. The van der Waals surface area contributed by atoms with Crippen molar-refractivity contribution >= 4 is 17.1 Å². The third-order valence-corrected chi connectivity index (χ3v) is 6.63. The average molecular weight is 567 g/mol. The number of nitrogens with zero attached hydrogens (tertiary/aromatic N) is 1. The van der Waals surface area contributed by atoms with Gasteiger partial charge in [0.05, 0.1) is 0 Å². The molecule has 1 aromatic heterocycles. The molecule has 1 heterocycles. The monoisotopic (exact) mass is 566 g/mol. The quantitative estimate of drug-likeness (QED) is 0.110. The summed E-state index contributed by atoms with van der Waals surface area (Å²) in [5.74, 6) is -0.121. The number of nitrogens with two attached hydrogens (primary N) is 1. The molecule has 0 saturated carbocycles. The Balaban J connectivity index is 0.00000301. The second-order valence-corrected chi connectivity index (χ2v) is 9.62. The second-order valence-electron chi connectivity index (χ2n) is 9.62. The first-order valence-electron chi connectivity index (χ1n) is 13.7. The summed E-state index contributed by atoms with van der Waals surface area (Å²) in [4.78, 5) is 4.44. The summed E-state index contributed by atoms with van der Waals surface area (Å²) in [6.07, 6.45) is 18.2. The van der Waals surface area contributed by atoms with Crippen LogP contribution in [0.4, 0.5) is 20.3 Å². The molecule has 3 aromatic rings. The van der Waals surface area contributed by atoms with Gasteiger partial charge in [-0.15, -0.1) is 12.8 Å². The Bertz CT molecular complexity index is 1490. The van der Waals surface area contributed by atoms with Crippen LogP contribution in [0.25, 0.3) is 16.7 Å². The number of nitrogen functional groups attached to an aromatic ring is 1. The number of anilines is 2. The molecule has 6 heteroatoms. The second kappa shape index (κ2) is 16.4. The van der Waals surface area contributed by atoms with E-state index >= 15 is 4.39 Å². The number of hydrogen-bond donors (Lipinski definition) is 3. The molecule has 0 aliphatic carbocycles. The van der Waals surface area contributed by atoms with Crippen LogP contribution in [0.2, 0.25) is 0 Å². The molecule has 0 unspecified atom stereocenters. The van der Waals surface area contributed by atoms with Crippen molar-refractivity contribution in [1.29, 1.82) is 0 Å². The lowest BCUT2D eigenvalue weighted by atomic mass is 9.97. The molecular formula is C36H40F2N4. The van der Waals surface area contributed by atoms with Crippen molar-refractivity contribution in [2.45, 2.75) is 46.5 Å². The van der Waals surface area contributed by atoms with Crippen molar-refractivity contribution in [1.82, 2.24) is 10.3 Å². The van der Waals surface area contributed by atoms with E-state index in [1.807, 2.05) is 32.1 Å². The molecule has 0 atom stereocenters. The molecule has 0 aliphatic rings. The number of terminal acetylenes is 1. The lowest BCUT2D eigenvalue weighted by molar-refractivity contribution is 0.611. The van der Waals surface area contributed by atoms with Gasteiger partial charge in [0, 0.05) is 46.5 Å². The highest BCUT2D eigenvalue weighted by Gasteiger charge is 2.16. The van der Waals surface area contributed by atoms with Crippen LogP contribution in [-0.2, 0) is 6.42 Å². The van der Waals surface area contributed by atoms with E-state index in [1.165, 1.54) is 12.1 Å². The first-order chi connectivity index (χ1) is 20.2. The molecule has 3 rings (SSSR count). The van der Waals surface area contributed by atoms with Gasteiger partial charge in [-0.05, 0) is 91.4 Å². The normalized spacial score (nSPS) is 11.2. The van der Waals surface area contributed by atoms with Gasteiger partial charge in [-0.3, -0.25) is 0 Å². The number of pyridine rings is 1. The van der Waals surface area contributed by atoms with E-state index in [9.17, 15) is 4.39 Å². The number of halogens is 2. The molecule has 0 amide bonds. The summed E-state index contributed by atoms with van der Waals surface area (Å²) < 4.78 is 29.3. The summed E-state index contributed by atoms with van der Waals surface area (Å²) in [5, 5.41) is 6.49. The Labute approximate surface area is 249 Å². The Kier molecular flexibility index (Phi) is 13.0. The maximum Gasteiger partial charge on any atom is 0.136 e. The molecule has 0 saturated heterocycles. The molecule has 4 nitrogen and oxygen atoms in total. The summed E-state index contributed by atoms with van der Waals surface area (Å²) in [6, 6.07) is 11.5. The Morgan fingerprint density at radius 3 is 2.36 bits per heavy atom. The van der Waals surface area contributed by atoms with E-state index in [0.29, 0.717) is 33.9 Å². The number of rotatable bonds is 13. The fourth-order valence-corrected chi connectivity index (χ4v) is 4.35. The summed E-state index contributed by atoms with van der Waals surface area (Å²) in [7, 11) is 0. The lowest BCUT2D eigenvalue weighted by Crippen LogP contribution is -2.11. The topological polar surface area (TPSA) is 63.0 Å². The van der Waals surface area contributed by atoms with Gasteiger partial charge in [-0.25, -0.2) is 13.8 Å². The molecule has 42 heavy (non-hydrogen) atoms. The number of unbranched alkanes of at least 4 members (excludes halogenated alkanes) is 1. The highest BCUT2D eigenvalue weighted by Crippen LogP contribution is 2.31. The van der Waals surface area contributed by atoms with Crippen molar-refractivity contribution < 1.29 is 8.78 Å². The zero-order valence-electron chi connectivity index (χ0n) is 24.7. The number of nitrogens with one attached hydrogen (secondary N) is 2. The predicted octanol–water partition coefficient (Wildman–Crippen LogP) is 9.10. The summed E-state index contributed by atoms with van der Waals surface area (Å²) >= 11 is 0. The minimum absolute atomic E-state index is 0.161.